The topological polar surface area (TPSA) is 34.1 Å². The van der Waals surface area contributed by atoms with Gasteiger partial charge >= 0.3 is 5.06 Å². The van der Waals surface area contributed by atoms with E-state index in [9.17, 15) is 0 Å². The van der Waals surface area contributed by atoms with Crippen molar-refractivity contribution in [1.82, 2.24) is 0 Å². The summed E-state index contributed by atoms with van der Waals surface area (Å²) in [5.74, 6) is 1.35. The first-order valence-corrected chi connectivity index (χ1v) is 10.3. The molecule has 2 heterocycles. The number of benzene rings is 4. The number of anilines is 1. The first-order chi connectivity index (χ1) is 14.2. The third kappa shape index (κ3) is 2.13. The minimum absolute atomic E-state index is 0.550. The molecule has 1 spiro atoms. The van der Waals surface area contributed by atoms with Crippen molar-refractivity contribution in [2.24, 2.45) is 4.99 Å². The maximum atomic E-state index is 6.83. The number of aliphatic imine (C=N–C) groups is 1. The van der Waals surface area contributed by atoms with Gasteiger partial charge < -0.3 is 14.4 Å². The number of thioether (sulfide) groups is 1. The average Bonchev–Trinajstić information content (AvgIpc) is 3.05. The number of methoxy groups -OCH3 is 1. The van der Waals surface area contributed by atoms with Crippen LogP contribution in [-0.2, 0) is 4.74 Å². The Balaban J connectivity index is 1.68. The highest BCUT2D eigenvalue weighted by Crippen LogP contribution is 2.56. The van der Waals surface area contributed by atoms with E-state index in [1.807, 2.05) is 31.3 Å². The van der Waals surface area contributed by atoms with E-state index in [2.05, 4.69) is 53.4 Å². The van der Waals surface area contributed by atoms with Crippen LogP contribution in [0.1, 0.15) is 0 Å². The van der Waals surface area contributed by atoms with Gasteiger partial charge in [0.1, 0.15) is 5.69 Å². The van der Waals surface area contributed by atoms with Crippen molar-refractivity contribution in [2.75, 3.05) is 19.1 Å². The summed E-state index contributed by atoms with van der Waals surface area (Å²) in [6.07, 6.45) is 0. The van der Waals surface area contributed by atoms with Gasteiger partial charge in [0.15, 0.2) is 5.75 Å². The Kier molecular flexibility index (Phi) is 3.41. The molecule has 0 N–H and O–H groups in total. The highest BCUT2D eigenvalue weighted by Gasteiger charge is 2.54. The van der Waals surface area contributed by atoms with Crippen LogP contribution in [0.4, 0.5) is 11.4 Å². The molecule has 1 unspecified atom stereocenters. The molecule has 0 radical (unpaired) electrons. The Morgan fingerprint density at radius 2 is 1.48 bits per heavy atom. The van der Waals surface area contributed by atoms with Crippen molar-refractivity contribution in [3.05, 3.63) is 72.8 Å². The van der Waals surface area contributed by atoms with E-state index in [-0.39, 0.29) is 0 Å². The van der Waals surface area contributed by atoms with E-state index >= 15 is 0 Å². The minimum atomic E-state index is -0.864. The highest BCUT2D eigenvalue weighted by molar-refractivity contribution is 8.02. The molecule has 0 fully saturated rings. The molecular formula is C24H18N2O2S. The van der Waals surface area contributed by atoms with Crippen LogP contribution in [0.3, 0.4) is 0 Å². The van der Waals surface area contributed by atoms with Gasteiger partial charge in [-0.15, -0.1) is 0 Å². The molecule has 0 amide bonds. The Bertz CT molecular complexity index is 1330. The summed E-state index contributed by atoms with van der Waals surface area (Å²) >= 11 is 1.63. The van der Waals surface area contributed by atoms with Gasteiger partial charge in [-0.05, 0) is 34.7 Å². The fourth-order valence-electron chi connectivity index (χ4n) is 4.31. The number of rotatable bonds is 0. The molecule has 0 aliphatic carbocycles. The van der Waals surface area contributed by atoms with Gasteiger partial charge in [0.05, 0.1) is 12.8 Å². The lowest BCUT2D eigenvalue weighted by atomic mass is 9.98. The first-order valence-electron chi connectivity index (χ1n) is 9.50. The van der Waals surface area contributed by atoms with Gasteiger partial charge in [0, 0.05) is 22.7 Å². The lowest BCUT2D eigenvalue weighted by Gasteiger charge is -2.39. The smallest absolute Gasteiger partial charge is 0.313 e. The third-order valence-electron chi connectivity index (χ3n) is 5.69. The molecule has 4 aromatic rings. The van der Waals surface area contributed by atoms with Gasteiger partial charge in [0.25, 0.3) is 5.90 Å². The Morgan fingerprint density at radius 3 is 2.21 bits per heavy atom. The van der Waals surface area contributed by atoms with E-state index < -0.39 is 5.06 Å². The van der Waals surface area contributed by atoms with Crippen molar-refractivity contribution in [1.29, 1.82) is 0 Å². The molecule has 142 valence electrons. The van der Waals surface area contributed by atoms with Crippen molar-refractivity contribution in [3.63, 3.8) is 0 Å². The molecule has 4 nitrogen and oxygen atoms in total. The fraction of sp³-hybridized carbons (Fsp3) is 0.125. The van der Waals surface area contributed by atoms with Gasteiger partial charge in [-0.2, -0.15) is 0 Å². The molecular weight excluding hydrogens is 380 g/mol. The lowest BCUT2D eigenvalue weighted by molar-refractivity contribution is 0.196. The molecule has 6 rings (SSSR count). The molecule has 4 aromatic carbocycles. The molecule has 5 heteroatoms. The zero-order valence-electron chi connectivity index (χ0n) is 16.0. The Hall–Kier alpha value is -3.18. The molecule has 0 saturated carbocycles. The highest BCUT2D eigenvalue weighted by atomic mass is 32.2. The van der Waals surface area contributed by atoms with Crippen LogP contribution in [-0.4, -0.2) is 25.1 Å². The van der Waals surface area contributed by atoms with E-state index in [4.69, 9.17) is 14.5 Å². The largest absolute Gasteiger partial charge is 0.479 e. The minimum Gasteiger partial charge on any atom is -0.479 e. The third-order valence-corrected chi connectivity index (χ3v) is 7.07. The number of fused-ring (bicyclic) bond motifs is 7. The number of hydrogen-bond donors (Lipinski definition) is 0. The fourth-order valence-corrected chi connectivity index (χ4v) is 5.64. The van der Waals surface area contributed by atoms with Gasteiger partial charge in [-0.25, -0.2) is 4.99 Å². The SMILES string of the molecule is COC1=Nc2c(c3ccccc3c3ccccc23)OC12Sc1ccccc1N2C. The summed E-state index contributed by atoms with van der Waals surface area (Å²) in [5, 5.41) is 3.59. The van der Waals surface area contributed by atoms with Gasteiger partial charge in [-0.1, -0.05) is 60.7 Å². The second kappa shape index (κ2) is 5.91. The number of ether oxygens (including phenoxy) is 2. The Labute approximate surface area is 172 Å². The van der Waals surface area contributed by atoms with Crippen LogP contribution in [0.5, 0.6) is 5.75 Å². The average molecular weight is 398 g/mol. The first kappa shape index (κ1) is 16.7. The number of nitrogens with zero attached hydrogens (tertiary/aromatic N) is 2. The van der Waals surface area contributed by atoms with Crippen molar-refractivity contribution in [3.8, 4) is 5.75 Å². The maximum Gasteiger partial charge on any atom is 0.313 e. The molecule has 29 heavy (non-hydrogen) atoms. The van der Waals surface area contributed by atoms with Crippen LogP contribution in [0.25, 0.3) is 21.5 Å². The summed E-state index contributed by atoms with van der Waals surface area (Å²) in [6.45, 7) is 0. The van der Waals surface area contributed by atoms with E-state index in [0.717, 1.165) is 43.6 Å². The molecule has 1 atom stereocenters. The zero-order chi connectivity index (χ0) is 19.6. The second-order valence-electron chi connectivity index (χ2n) is 7.20. The quantitative estimate of drug-likeness (QED) is 0.342. The van der Waals surface area contributed by atoms with Crippen molar-refractivity contribution in [2.45, 2.75) is 9.95 Å². The predicted molar refractivity (Wildman–Crippen MR) is 120 cm³/mol. The van der Waals surface area contributed by atoms with Crippen LogP contribution in [0.15, 0.2) is 82.7 Å². The summed E-state index contributed by atoms with van der Waals surface area (Å²) < 4.78 is 12.6. The normalized spacial score (nSPS) is 19.8. The van der Waals surface area contributed by atoms with Crippen LogP contribution < -0.4 is 9.64 Å². The predicted octanol–water partition coefficient (Wildman–Crippen LogP) is 5.96. The lowest BCUT2D eigenvalue weighted by Crippen LogP contribution is -2.54. The zero-order valence-corrected chi connectivity index (χ0v) is 16.9. The Morgan fingerprint density at radius 1 is 0.862 bits per heavy atom. The van der Waals surface area contributed by atoms with E-state index in [1.165, 1.54) is 0 Å². The summed E-state index contributed by atoms with van der Waals surface area (Å²) in [7, 11) is 3.69. The second-order valence-corrected chi connectivity index (χ2v) is 8.40. The summed E-state index contributed by atoms with van der Waals surface area (Å²) in [6, 6.07) is 25.0. The van der Waals surface area contributed by atoms with Crippen LogP contribution in [0, 0.1) is 0 Å². The molecule has 2 aliphatic rings. The molecule has 0 saturated heterocycles. The summed E-state index contributed by atoms with van der Waals surface area (Å²) in [4.78, 5) is 8.28. The monoisotopic (exact) mass is 398 g/mol. The standard InChI is InChI=1S/C24H18N2O2S/c1-26-19-13-7-8-14-20(19)29-24(26)23(27-2)25-21-17-11-5-3-9-15(17)16-10-4-6-12-18(16)22(21)28-24/h3-14H,1-2H3. The molecule has 2 aliphatic heterocycles. The summed E-state index contributed by atoms with van der Waals surface area (Å²) in [5.41, 5.74) is 1.93. The van der Waals surface area contributed by atoms with Gasteiger partial charge in [-0.3, -0.25) is 0 Å². The van der Waals surface area contributed by atoms with E-state index in [0.29, 0.717) is 5.90 Å². The molecule has 0 aromatic heterocycles. The van der Waals surface area contributed by atoms with Crippen LogP contribution in [0.2, 0.25) is 0 Å². The van der Waals surface area contributed by atoms with Crippen molar-refractivity contribution < 1.29 is 9.47 Å². The number of hydrogen-bond acceptors (Lipinski definition) is 5. The number of likely N-dealkylation sites (N-methyl/N-ethyl adjacent to an activating group) is 1. The van der Waals surface area contributed by atoms with E-state index in [1.54, 1.807) is 18.9 Å². The number of para-hydroxylation sites is 1. The maximum absolute atomic E-state index is 6.83. The van der Waals surface area contributed by atoms with Crippen LogP contribution >= 0.6 is 11.8 Å². The van der Waals surface area contributed by atoms with Gasteiger partial charge in [0.2, 0.25) is 0 Å². The molecule has 0 bridgehead atoms. The van der Waals surface area contributed by atoms with Crippen molar-refractivity contribution >= 4 is 50.6 Å².